The van der Waals surface area contributed by atoms with E-state index in [-0.39, 0.29) is 10.8 Å². The highest BCUT2D eigenvalue weighted by Crippen LogP contribution is 2.33. The van der Waals surface area contributed by atoms with Gasteiger partial charge >= 0.3 is 0 Å². The number of hydrogen-bond donors (Lipinski definition) is 2. The van der Waals surface area contributed by atoms with Gasteiger partial charge in [0.1, 0.15) is 11.4 Å². The molecule has 0 unspecified atom stereocenters. The van der Waals surface area contributed by atoms with E-state index in [0.29, 0.717) is 17.6 Å². The van der Waals surface area contributed by atoms with Crippen LogP contribution in [-0.4, -0.2) is 25.2 Å². The van der Waals surface area contributed by atoms with Crippen molar-refractivity contribution >= 4 is 10.0 Å². The zero-order valence-electron chi connectivity index (χ0n) is 14.6. The summed E-state index contributed by atoms with van der Waals surface area (Å²) in [4.78, 5) is -0.0667. The molecule has 2 N–H and O–H groups in total. The fraction of sp³-hybridized carbons (Fsp3) is 0.444. The Kier molecular flexibility index (Phi) is 6.50. The molecule has 6 heteroatoms. The minimum absolute atomic E-state index is 0.0667. The largest absolute Gasteiger partial charge is 0.379 e. The van der Waals surface area contributed by atoms with Crippen LogP contribution < -0.4 is 4.72 Å². The Morgan fingerprint density at radius 2 is 1.71 bits per heavy atom. The lowest BCUT2D eigenvalue weighted by Crippen LogP contribution is -2.57. The SMILES string of the molecule is C=C(C)C(O)(C(=C)C)[C@@H](NS(=O)(=O)c1ccc(F)cc1)[C@@H](C)CC. The Morgan fingerprint density at radius 1 is 1.25 bits per heavy atom. The van der Waals surface area contributed by atoms with Gasteiger partial charge in [0.05, 0.1) is 10.9 Å². The molecule has 1 rings (SSSR count). The molecule has 1 aromatic carbocycles. The van der Waals surface area contributed by atoms with E-state index >= 15 is 0 Å². The molecule has 24 heavy (non-hydrogen) atoms. The van der Waals surface area contributed by atoms with Crippen molar-refractivity contribution < 1.29 is 17.9 Å². The van der Waals surface area contributed by atoms with Crippen molar-refractivity contribution in [2.24, 2.45) is 5.92 Å². The molecule has 0 aliphatic heterocycles. The van der Waals surface area contributed by atoms with Crippen LogP contribution in [0.2, 0.25) is 0 Å². The van der Waals surface area contributed by atoms with Crippen LogP contribution in [0.25, 0.3) is 0 Å². The summed E-state index contributed by atoms with van der Waals surface area (Å²) in [6.45, 7) is 14.6. The Bertz CT molecular complexity index is 696. The first kappa shape index (κ1) is 20.5. The molecule has 0 aliphatic carbocycles. The van der Waals surface area contributed by atoms with E-state index in [0.717, 1.165) is 12.1 Å². The summed E-state index contributed by atoms with van der Waals surface area (Å²) >= 11 is 0. The summed E-state index contributed by atoms with van der Waals surface area (Å²) < 4.78 is 40.9. The number of nitrogens with one attached hydrogen (secondary N) is 1. The Hall–Kier alpha value is -1.50. The first-order chi connectivity index (χ1) is 11.0. The molecule has 0 fully saturated rings. The lowest BCUT2D eigenvalue weighted by atomic mass is 9.76. The average Bonchev–Trinajstić information content (AvgIpc) is 2.51. The molecule has 0 amide bonds. The van der Waals surface area contributed by atoms with Gasteiger partial charge < -0.3 is 5.11 Å². The molecule has 0 saturated heterocycles. The Morgan fingerprint density at radius 3 is 2.08 bits per heavy atom. The van der Waals surface area contributed by atoms with Gasteiger partial charge in [0.15, 0.2) is 0 Å². The van der Waals surface area contributed by atoms with E-state index in [4.69, 9.17) is 0 Å². The van der Waals surface area contributed by atoms with Crippen LogP contribution >= 0.6 is 0 Å². The highest BCUT2D eigenvalue weighted by Gasteiger charge is 2.43. The van der Waals surface area contributed by atoms with Crippen LogP contribution in [0.5, 0.6) is 0 Å². The molecule has 0 saturated carbocycles. The maximum atomic E-state index is 13.0. The molecule has 0 radical (unpaired) electrons. The van der Waals surface area contributed by atoms with Crippen LogP contribution in [0.3, 0.4) is 0 Å². The molecular weight excluding hydrogens is 329 g/mol. The average molecular weight is 355 g/mol. The molecule has 0 aliphatic rings. The van der Waals surface area contributed by atoms with Gasteiger partial charge in [-0.2, -0.15) is 0 Å². The van der Waals surface area contributed by atoms with E-state index in [1.807, 2.05) is 13.8 Å². The minimum Gasteiger partial charge on any atom is -0.379 e. The first-order valence-electron chi connectivity index (χ1n) is 7.79. The van der Waals surface area contributed by atoms with E-state index in [1.165, 1.54) is 12.1 Å². The predicted octanol–water partition coefficient (Wildman–Crippen LogP) is 3.40. The number of rotatable bonds is 8. The van der Waals surface area contributed by atoms with Gasteiger partial charge in [-0.15, -0.1) is 0 Å². The molecule has 4 nitrogen and oxygen atoms in total. The third kappa shape index (κ3) is 4.12. The third-order valence-corrected chi connectivity index (χ3v) is 5.83. The zero-order valence-corrected chi connectivity index (χ0v) is 15.5. The van der Waals surface area contributed by atoms with Gasteiger partial charge in [0, 0.05) is 0 Å². The quantitative estimate of drug-likeness (QED) is 0.702. The minimum atomic E-state index is -3.94. The summed E-state index contributed by atoms with van der Waals surface area (Å²) in [5.41, 5.74) is -0.771. The maximum Gasteiger partial charge on any atom is 0.240 e. The van der Waals surface area contributed by atoms with Crippen LogP contribution in [0.15, 0.2) is 53.5 Å². The summed E-state index contributed by atoms with van der Waals surface area (Å²) in [6.07, 6.45) is 0.638. The second-order valence-corrected chi connectivity index (χ2v) is 7.98. The number of sulfonamides is 1. The Balaban J connectivity index is 3.35. The summed E-state index contributed by atoms with van der Waals surface area (Å²) in [5, 5.41) is 11.1. The van der Waals surface area contributed by atoms with E-state index in [2.05, 4.69) is 17.9 Å². The highest BCUT2D eigenvalue weighted by atomic mass is 32.2. The normalized spacial score (nSPS) is 14.9. The number of aliphatic hydroxyl groups is 1. The molecule has 0 heterocycles. The molecular formula is C18H26FNO3S. The fourth-order valence-electron chi connectivity index (χ4n) is 2.59. The standard InChI is InChI=1S/C18H26FNO3S/c1-7-14(6)17(18(21,12(2)3)13(4)5)20-24(22,23)16-10-8-15(19)9-11-16/h8-11,14,17,20-21H,2,4,7H2,1,3,5-6H3/t14-,17-/m0/s1. The van der Waals surface area contributed by atoms with Crippen molar-refractivity contribution in [3.05, 3.63) is 54.4 Å². The van der Waals surface area contributed by atoms with Crippen LogP contribution in [0.1, 0.15) is 34.1 Å². The second-order valence-electron chi connectivity index (χ2n) is 6.27. The monoisotopic (exact) mass is 355 g/mol. The predicted molar refractivity (Wildman–Crippen MR) is 94.5 cm³/mol. The maximum absolute atomic E-state index is 13.0. The Labute approximate surface area is 144 Å². The van der Waals surface area contributed by atoms with E-state index in [9.17, 15) is 17.9 Å². The summed E-state index contributed by atoms with van der Waals surface area (Å²) in [6, 6.07) is 3.69. The first-order valence-corrected chi connectivity index (χ1v) is 9.27. The second kappa shape index (κ2) is 7.59. The highest BCUT2D eigenvalue weighted by molar-refractivity contribution is 7.89. The fourth-order valence-corrected chi connectivity index (χ4v) is 3.96. The lowest BCUT2D eigenvalue weighted by Gasteiger charge is -2.40. The van der Waals surface area contributed by atoms with Crippen LogP contribution in [-0.2, 0) is 10.0 Å². The third-order valence-electron chi connectivity index (χ3n) is 4.37. The van der Waals surface area contributed by atoms with E-state index in [1.54, 1.807) is 13.8 Å². The van der Waals surface area contributed by atoms with Crippen molar-refractivity contribution in [1.82, 2.24) is 4.72 Å². The van der Waals surface area contributed by atoms with Gasteiger partial charge in [-0.3, -0.25) is 0 Å². The number of benzene rings is 1. The van der Waals surface area contributed by atoms with Gasteiger partial charge in [-0.05, 0) is 55.2 Å². The summed E-state index contributed by atoms with van der Waals surface area (Å²) in [7, 11) is -3.94. The molecule has 0 bridgehead atoms. The molecule has 2 atom stereocenters. The topological polar surface area (TPSA) is 66.4 Å². The van der Waals surface area contributed by atoms with Gasteiger partial charge in [0.2, 0.25) is 10.0 Å². The zero-order chi connectivity index (χ0) is 18.7. The lowest BCUT2D eigenvalue weighted by molar-refractivity contribution is 0.0592. The van der Waals surface area contributed by atoms with Gasteiger partial charge in [0.25, 0.3) is 0 Å². The van der Waals surface area contributed by atoms with Crippen molar-refractivity contribution in [1.29, 1.82) is 0 Å². The summed E-state index contributed by atoms with van der Waals surface area (Å²) in [5.74, 6) is -0.702. The molecule has 1 aromatic rings. The van der Waals surface area contributed by atoms with Crippen molar-refractivity contribution in [3.8, 4) is 0 Å². The van der Waals surface area contributed by atoms with Crippen molar-refractivity contribution in [3.63, 3.8) is 0 Å². The molecule has 0 spiro atoms. The van der Waals surface area contributed by atoms with Gasteiger partial charge in [-0.25, -0.2) is 17.5 Å². The molecule has 0 aromatic heterocycles. The number of hydrogen-bond acceptors (Lipinski definition) is 3. The molecule has 134 valence electrons. The van der Waals surface area contributed by atoms with Crippen molar-refractivity contribution in [2.45, 2.75) is 50.7 Å². The van der Waals surface area contributed by atoms with Crippen molar-refractivity contribution in [2.75, 3.05) is 0 Å². The smallest absolute Gasteiger partial charge is 0.240 e. The van der Waals surface area contributed by atoms with E-state index < -0.39 is 27.5 Å². The van der Waals surface area contributed by atoms with Gasteiger partial charge in [-0.1, -0.05) is 33.4 Å². The van der Waals surface area contributed by atoms with Crippen LogP contribution in [0.4, 0.5) is 4.39 Å². The van der Waals surface area contributed by atoms with Crippen LogP contribution in [0, 0.1) is 11.7 Å². The number of halogens is 1.